The molecule has 0 aliphatic heterocycles. The zero-order chi connectivity index (χ0) is 19.0. The van der Waals surface area contributed by atoms with Crippen LogP contribution in [-0.4, -0.2) is 39.5 Å². The van der Waals surface area contributed by atoms with Crippen molar-refractivity contribution in [3.63, 3.8) is 0 Å². The molecule has 0 saturated heterocycles. The first-order chi connectivity index (χ1) is 13.1. The van der Waals surface area contributed by atoms with Crippen molar-refractivity contribution in [2.24, 2.45) is 5.92 Å². The molecule has 2 aromatic heterocycles. The van der Waals surface area contributed by atoms with Crippen molar-refractivity contribution in [1.29, 1.82) is 0 Å². The highest BCUT2D eigenvalue weighted by Crippen LogP contribution is 2.31. The highest BCUT2D eigenvalue weighted by molar-refractivity contribution is 5.72. The Morgan fingerprint density at radius 3 is 2.74 bits per heavy atom. The Bertz CT molecular complexity index is 1090. The van der Waals surface area contributed by atoms with Crippen molar-refractivity contribution in [1.82, 2.24) is 18.7 Å². The Morgan fingerprint density at radius 1 is 1.22 bits per heavy atom. The van der Waals surface area contributed by atoms with Gasteiger partial charge in [-0.3, -0.25) is 9.36 Å². The first-order valence-electron chi connectivity index (χ1n) is 8.98. The van der Waals surface area contributed by atoms with Gasteiger partial charge in [0.15, 0.2) is 11.2 Å². The highest BCUT2D eigenvalue weighted by atomic mass is 16.5. The number of hydrogen-bond donors (Lipinski definition) is 0. The molecule has 4 rings (SSSR count). The maximum absolute atomic E-state index is 13.1. The monoisotopic (exact) mass is 370 g/mol. The predicted molar refractivity (Wildman–Crippen MR) is 101 cm³/mol. The molecule has 3 aromatic rings. The van der Waals surface area contributed by atoms with Gasteiger partial charge in [-0.1, -0.05) is 6.07 Å². The molecule has 0 unspecified atom stereocenters. The van der Waals surface area contributed by atoms with E-state index in [1.165, 1.54) is 9.13 Å². The number of fused-ring (bicyclic) bond motifs is 1. The normalized spacial score (nSPS) is 14.0. The number of nitrogens with zero attached hydrogens (tertiary/aromatic N) is 4. The fraction of sp³-hybridized carbons (Fsp3) is 0.421. The van der Waals surface area contributed by atoms with E-state index in [1.54, 1.807) is 44.8 Å². The SMILES string of the molecule is COCCn1c(=O)c2c(ncn2CC2CC2)n(-c2cccc(OC)c2)c1=O. The van der Waals surface area contributed by atoms with E-state index in [4.69, 9.17) is 9.47 Å². The van der Waals surface area contributed by atoms with Gasteiger partial charge in [-0.25, -0.2) is 14.3 Å². The molecule has 1 saturated carbocycles. The Labute approximate surface area is 155 Å². The van der Waals surface area contributed by atoms with Crippen LogP contribution in [0.15, 0.2) is 40.2 Å². The van der Waals surface area contributed by atoms with Crippen molar-refractivity contribution in [3.05, 3.63) is 51.4 Å². The van der Waals surface area contributed by atoms with E-state index in [9.17, 15) is 9.59 Å². The minimum Gasteiger partial charge on any atom is -0.497 e. The van der Waals surface area contributed by atoms with Gasteiger partial charge in [-0.05, 0) is 30.9 Å². The summed E-state index contributed by atoms with van der Waals surface area (Å²) in [5.74, 6) is 1.20. The van der Waals surface area contributed by atoms with E-state index in [2.05, 4.69) is 4.98 Å². The number of imidazole rings is 1. The maximum Gasteiger partial charge on any atom is 0.337 e. The van der Waals surface area contributed by atoms with Crippen LogP contribution in [0.4, 0.5) is 0 Å². The molecule has 0 spiro atoms. The molecule has 142 valence electrons. The summed E-state index contributed by atoms with van der Waals surface area (Å²) in [5, 5.41) is 0. The summed E-state index contributed by atoms with van der Waals surface area (Å²) in [6, 6.07) is 7.16. The molecule has 0 radical (unpaired) electrons. The zero-order valence-corrected chi connectivity index (χ0v) is 15.4. The minimum atomic E-state index is -0.436. The minimum absolute atomic E-state index is 0.183. The highest BCUT2D eigenvalue weighted by Gasteiger charge is 2.25. The van der Waals surface area contributed by atoms with E-state index >= 15 is 0 Å². The summed E-state index contributed by atoms with van der Waals surface area (Å²) < 4.78 is 14.9. The summed E-state index contributed by atoms with van der Waals surface area (Å²) in [4.78, 5) is 30.6. The summed E-state index contributed by atoms with van der Waals surface area (Å²) in [6.45, 7) is 1.20. The first-order valence-corrected chi connectivity index (χ1v) is 8.98. The van der Waals surface area contributed by atoms with Gasteiger partial charge in [-0.2, -0.15) is 0 Å². The molecule has 8 nitrogen and oxygen atoms in total. The number of rotatable bonds is 7. The van der Waals surface area contributed by atoms with Crippen LogP contribution >= 0.6 is 0 Å². The quantitative estimate of drug-likeness (QED) is 0.628. The van der Waals surface area contributed by atoms with Crippen LogP contribution in [0.1, 0.15) is 12.8 Å². The van der Waals surface area contributed by atoms with Crippen LogP contribution in [0.2, 0.25) is 0 Å². The molecule has 1 aliphatic rings. The number of aromatic nitrogens is 4. The summed E-state index contributed by atoms with van der Waals surface area (Å²) in [6.07, 6.45) is 3.97. The molecule has 1 aromatic carbocycles. The lowest BCUT2D eigenvalue weighted by Crippen LogP contribution is -2.41. The fourth-order valence-corrected chi connectivity index (χ4v) is 3.26. The van der Waals surface area contributed by atoms with Gasteiger partial charge in [0.25, 0.3) is 5.56 Å². The van der Waals surface area contributed by atoms with E-state index in [0.29, 0.717) is 28.5 Å². The largest absolute Gasteiger partial charge is 0.497 e. The van der Waals surface area contributed by atoms with Crippen LogP contribution in [0.25, 0.3) is 16.9 Å². The molecular formula is C19H22N4O4. The number of benzene rings is 1. The molecule has 0 N–H and O–H groups in total. The van der Waals surface area contributed by atoms with E-state index in [0.717, 1.165) is 19.4 Å². The van der Waals surface area contributed by atoms with Crippen LogP contribution < -0.4 is 16.0 Å². The predicted octanol–water partition coefficient (Wildman–Crippen LogP) is 1.41. The molecular weight excluding hydrogens is 348 g/mol. The Morgan fingerprint density at radius 2 is 2.04 bits per heavy atom. The van der Waals surface area contributed by atoms with Crippen molar-refractivity contribution >= 4 is 11.2 Å². The van der Waals surface area contributed by atoms with Gasteiger partial charge in [0.2, 0.25) is 0 Å². The lowest BCUT2D eigenvalue weighted by Gasteiger charge is -2.13. The van der Waals surface area contributed by atoms with E-state index < -0.39 is 5.69 Å². The van der Waals surface area contributed by atoms with Gasteiger partial charge in [0.05, 0.1) is 32.3 Å². The maximum atomic E-state index is 13.1. The fourth-order valence-electron chi connectivity index (χ4n) is 3.26. The Kier molecular flexibility index (Phi) is 4.57. The van der Waals surface area contributed by atoms with Gasteiger partial charge < -0.3 is 14.0 Å². The smallest absolute Gasteiger partial charge is 0.337 e. The molecule has 8 heteroatoms. The average Bonchev–Trinajstić information content (AvgIpc) is 3.40. The van der Waals surface area contributed by atoms with Gasteiger partial charge in [-0.15, -0.1) is 0 Å². The average molecular weight is 370 g/mol. The lowest BCUT2D eigenvalue weighted by atomic mass is 10.3. The van der Waals surface area contributed by atoms with Crippen molar-refractivity contribution in [2.45, 2.75) is 25.9 Å². The van der Waals surface area contributed by atoms with E-state index in [-0.39, 0.29) is 18.7 Å². The van der Waals surface area contributed by atoms with Crippen LogP contribution in [0.3, 0.4) is 0 Å². The van der Waals surface area contributed by atoms with Gasteiger partial charge >= 0.3 is 5.69 Å². The van der Waals surface area contributed by atoms with Crippen molar-refractivity contribution in [3.8, 4) is 11.4 Å². The molecule has 1 fully saturated rings. The third-order valence-corrected chi connectivity index (χ3v) is 4.88. The second kappa shape index (κ2) is 7.03. The second-order valence-corrected chi connectivity index (χ2v) is 6.78. The summed E-state index contributed by atoms with van der Waals surface area (Å²) >= 11 is 0. The standard InChI is InChI=1S/C19H22N4O4/c1-26-9-8-22-18(24)16-17(20-12-21(16)11-13-6-7-13)23(19(22)25)14-4-3-5-15(10-14)27-2/h3-5,10,12-13H,6-9,11H2,1-2H3. The zero-order valence-electron chi connectivity index (χ0n) is 15.4. The lowest BCUT2D eigenvalue weighted by molar-refractivity contribution is 0.184. The topological polar surface area (TPSA) is 80.3 Å². The number of hydrogen-bond acceptors (Lipinski definition) is 5. The van der Waals surface area contributed by atoms with Gasteiger partial charge in [0.1, 0.15) is 5.75 Å². The molecule has 0 bridgehead atoms. The van der Waals surface area contributed by atoms with Crippen LogP contribution in [0.5, 0.6) is 5.75 Å². The third kappa shape index (κ3) is 3.16. The molecule has 1 aliphatic carbocycles. The molecule has 0 amide bonds. The summed E-state index contributed by atoms with van der Waals surface area (Å²) in [5.41, 5.74) is 0.652. The molecule has 27 heavy (non-hydrogen) atoms. The second-order valence-electron chi connectivity index (χ2n) is 6.78. The third-order valence-electron chi connectivity index (χ3n) is 4.88. The Hall–Kier alpha value is -2.87. The molecule has 2 heterocycles. The van der Waals surface area contributed by atoms with Crippen LogP contribution in [-0.2, 0) is 17.8 Å². The van der Waals surface area contributed by atoms with Crippen LogP contribution in [0, 0.1) is 5.92 Å². The Balaban J connectivity index is 1.99. The summed E-state index contributed by atoms with van der Waals surface area (Å²) in [7, 11) is 3.11. The van der Waals surface area contributed by atoms with Gasteiger partial charge in [0, 0.05) is 19.7 Å². The number of methoxy groups -OCH3 is 2. The number of ether oxygens (including phenoxy) is 2. The van der Waals surface area contributed by atoms with Crippen molar-refractivity contribution < 1.29 is 9.47 Å². The molecule has 0 atom stereocenters. The van der Waals surface area contributed by atoms with Crippen molar-refractivity contribution in [2.75, 3.05) is 20.8 Å². The first kappa shape index (κ1) is 17.5. The van der Waals surface area contributed by atoms with E-state index in [1.807, 2.05) is 4.57 Å².